The lowest BCUT2D eigenvalue weighted by atomic mass is 9.95. The third kappa shape index (κ3) is 4.15. The van der Waals surface area contributed by atoms with E-state index in [-0.39, 0.29) is 23.9 Å². The van der Waals surface area contributed by atoms with Gasteiger partial charge in [-0.25, -0.2) is 0 Å². The van der Waals surface area contributed by atoms with E-state index in [0.717, 1.165) is 6.54 Å². The normalized spacial score (nSPS) is 21.9. The first-order chi connectivity index (χ1) is 12.0. The van der Waals surface area contributed by atoms with Crippen LogP contribution >= 0.6 is 23.2 Å². The molecule has 0 radical (unpaired) electrons. The van der Waals surface area contributed by atoms with Crippen LogP contribution < -0.4 is 11.1 Å². The first-order valence-corrected chi connectivity index (χ1v) is 9.02. The highest BCUT2D eigenvalue weighted by atomic mass is 35.5. The van der Waals surface area contributed by atoms with E-state index in [2.05, 4.69) is 22.3 Å². The van der Waals surface area contributed by atoms with E-state index in [9.17, 15) is 4.79 Å². The van der Waals surface area contributed by atoms with Gasteiger partial charge >= 0.3 is 0 Å². The molecule has 0 bridgehead atoms. The molecular formula is C19H21Cl2N3O. The largest absolute Gasteiger partial charge is 0.326 e. The Morgan fingerprint density at radius 2 is 1.92 bits per heavy atom. The zero-order chi connectivity index (χ0) is 18.0. The number of anilines is 1. The van der Waals surface area contributed by atoms with Crippen LogP contribution in [0.15, 0.2) is 48.5 Å². The fourth-order valence-electron chi connectivity index (χ4n) is 3.22. The standard InChI is InChI=1S/C19H21Cl2N3O/c1-12(19(25)23-18-8-7-14(20)9-16(18)21)24-10-15(17(22)11-24)13-5-3-2-4-6-13/h2-9,12,15,17H,10-11,22H2,1H3,(H,23,25)/t12?,15-,17+/m0/s1. The minimum atomic E-state index is -0.300. The Labute approximate surface area is 157 Å². The summed E-state index contributed by atoms with van der Waals surface area (Å²) in [5, 5.41) is 3.83. The van der Waals surface area contributed by atoms with Crippen molar-refractivity contribution in [1.82, 2.24) is 4.90 Å². The average molecular weight is 378 g/mol. The van der Waals surface area contributed by atoms with Gasteiger partial charge in [0.05, 0.1) is 16.8 Å². The number of carbonyl (C=O) groups is 1. The minimum Gasteiger partial charge on any atom is -0.326 e. The molecule has 1 aliphatic rings. The number of nitrogens with one attached hydrogen (secondary N) is 1. The number of benzene rings is 2. The van der Waals surface area contributed by atoms with Crippen LogP contribution in [-0.4, -0.2) is 36.0 Å². The summed E-state index contributed by atoms with van der Waals surface area (Å²) in [4.78, 5) is 14.7. The molecule has 2 aromatic rings. The third-order valence-electron chi connectivity index (χ3n) is 4.74. The molecular weight excluding hydrogens is 357 g/mol. The Kier molecular flexibility index (Phi) is 5.64. The molecule has 3 rings (SSSR count). The number of hydrogen-bond donors (Lipinski definition) is 2. The quantitative estimate of drug-likeness (QED) is 0.852. The van der Waals surface area contributed by atoms with Crippen molar-refractivity contribution in [2.75, 3.05) is 18.4 Å². The molecule has 6 heteroatoms. The van der Waals surface area contributed by atoms with Crippen LogP contribution in [-0.2, 0) is 4.79 Å². The second-order valence-electron chi connectivity index (χ2n) is 6.42. The predicted octanol–water partition coefficient (Wildman–Crippen LogP) is 3.75. The van der Waals surface area contributed by atoms with Crippen LogP contribution in [0.3, 0.4) is 0 Å². The van der Waals surface area contributed by atoms with Crippen molar-refractivity contribution in [3.8, 4) is 0 Å². The van der Waals surface area contributed by atoms with Gasteiger partial charge in [-0.05, 0) is 30.7 Å². The van der Waals surface area contributed by atoms with Gasteiger partial charge in [0.2, 0.25) is 5.91 Å². The van der Waals surface area contributed by atoms with Crippen LogP contribution in [0.25, 0.3) is 0 Å². The highest BCUT2D eigenvalue weighted by Crippen LogP contribution is 2.29. The molecule has 132 valence electrons. The lowest BCUT2D eigenvalue weighted by Gasteiger charge is -2.23. The first-order valence-electron chi connectivity index (χ1n) is 8.26. The van der Waals surface area contributed by atoms with Gasteiger partial charge in [-0.1, -0.05) is 53.5 Å². The summed E-state index contributed by atoms with van der Waals surface area (Å²) < 4.78 is 0. The smallest absolute Gasteiger partial charge is 0.241 e. The SMILES string of the molecule is CC(C(=O)Nc1ccc(Cl)cc1Cl)N1C[C@@H](N)[C@H](c2ccccc2)C1. The molecule has 25 heavy (non-hydrogen) atoms. The Bertz CT molecular complexity index is 754. The van der Waals surface area contributed by atoms with E-state index in [1.54, 1.807) is 18.2 Å². The Morgan fingerprint density at radius 3 is 2.60 bits per heavy atom. The predicted molar refractivity (Wildman–Crippen MR) is 103 cm³/mol. The lowest BCUT2D eigenvalue weighted by molar-refractivity contribution is -0.120. The molecule has 0 saturated carbocycles. The molecule has 0 aliphatic carbocycles. The van der Waals surface area contributed by atoms with Crippen LogP contribution in [0.5, 0.6) is 0 Å². The zero-order valence-corrected chi connectivity index (χ0v) is 15.5. The molecule has 4 nitrogen and oxygen atoms in total. The fraction of sp³-hybridized carbons (Fsp3) is 0.316. The second-order valence-corrected chi connectivity index (χ2v) is 7.27. The third-order valence-corrected chi connectivity index (χ3v) is 5.29. The summed E-state index contributed by atoms with van der Waals surface area (Å²) in [6.07, 6.45) is 0. The number of rotatable bonds is 4. The summed E-state index contributed by atoms with van der Waals surface area (Å²) in [5.74, 6) is 0.126. The summed E-state index contributed by atoms with van der Waals surface area (Å²) in [6, 6.07) is 14.9. The molecule has 1 heterocycles. The van der Waals surface area contributed by atoms with E-state index >= 15 is 0 Å². The van der Waals surface area contributed by atoms with Crippen LogP contribution in [0, 0.1) is 0 Å². The second kappa shape index (κ2) is 7.75. The van der Waals surface area contributed by atoms with Gasteiger partial charge in [-0.15, -0.1) is 0 Å². The Balaban J connectivity index is 1.66. The highest BCUT2D eigenvalue weighted by molar-refractivity contribution is 6.36. The van der Waals surface area contributed by atoms with Crippen molar-refractivity contribution in [3.63, 3.8) is 0 Å². The van der Waals surface area contributed by atoms with Crippen molar-refractivity contribution < 1.29 is 4.79 Å². The molecule has 1 fully saturated rings. The van der Waals surface area contributed by atoms with E-state index in [4.69, 9.17) is 28.9 Å². The number of amides is 1. The first kappa shape index (κ1) is 18.2. The molecule has 3 atom stereocenters. The lowest BCUT2D eigenvalue weighted by Crippen LogP contribution is -2.41. The zero-order valence-electron chi connectivity index (χ0n) is 14.0. The summed E-state index contributed by atoms with van der Waals surface area (Å²) in [6.45, 7) is 3.33. The molecule has 1 saturated heterocycles. The van der Waals surface area contributed by atoms with Crippen molar-refractivity contribution in [2.24, 2.45) is 5.73 Å². The van der Waals surface area contributed by atoms with E-state index < -0.39 is 0 Å². The summed E-state index contributed by atoms with van der Waals surface area (Å²) in [7, 11) is 0. The molecule has 3 N–H and O–H groups in total. The number of hydrogen-bond acceptors (Lipinski definition) is 3. The molecule has 1 unspecified atom stereocenters. The average Bonchev–Trinajstić information content (AvgIpc) is 2.99. The minimum absolute atomic E-state index is 0.0109. The van der Waals surface area contributed by atoms with Crippen molar-refractivity contribution >= 4 is 34.8 Å². The van der Waals surface area contributed by atoms with Crippen molar-refractivity contribution in [2.45, 2.75) is 24.9 Å². The van der Waals surface area contributed by atoms with Crippen LogP contribution in [0.2, 0.25) is 10.0 Å². The van der Waals surface area contributed by atoms with E-state index in [1.807, 2.05) is 25.1 Å². The number of carbonyl (C=O) groups excluding carboxylic acids is 1. The monoisotopic (exact) mass is 377 g/mol. The Morgan fingerprint density at radius 1 is 1.20 bits per heavy atom. The van der Waals surface area contributed by atoms with Gasteiger partial charge in [0.1, 0.15) is 0 Å². The van der Waals surface area contributed by atoms with Gasteiger partial charge in [-0.2, -0.15) is 0 Å². The van der Waals surface area contributed by atoms with Gasteiger partial charge in [0.15, 0.2) is 0 Å². The maximum atomic E-state index is 12.6. The number of nitrogens with zero attached hydrogens (tertiary/aromatic N) is 1. The van der Waals surface area contributed by atoms with E-state index in [0.29, 0.717) is 22.3 Å². The van der Waals surface area contributed by atoms with Crippen LogP contribution in [0.4, 0.5) is 5.69 Å². The molecule has 1 amide bonds. The number of likely N-dealkylation sites (tertiary alicyclic amines) is 1. The van der Waals surface area contributed by atoms with Crippen molar-refractivity contribution in [1.29, 1.82) is 0 Å². The molecule has 0 spiro atoms. The maximum Gasteiger partial charge on any atom is 0.241 e. The molecule has 0 aromatic heterocycles. The number of halogens is 2. The van der Waals surface area contributed by atoms with Crippen molar-refractivity contribution in [3.05, 3.63) is 64.1 Å². The van der Waals surface area contributed by atoms with Crippen LogP contribution in [0.1, 0.15) is 18.4 Å². The summed E-state index contributed by atoms with van der Waals surface area (Å²) in [5.41, 5.74) is 8.10. The molecule has 1 aliphatic heterocycles. The Hall–Kier alpha value is -1.59. The number of nitrogens with two attached hydrogens (primary N) is 1. The highest BCUT2D eigenvalue weighted by Gasteiger charge is 2.35. The molecule has 2 aromatic carbocycles. The topological polar surface area (TPSA) is 58.4 Å². The summed E-state index contributed by atoms with van der Waals surface area (Å²) >= 11 is 12.0. The van der Waals surface area contributed by atoms with Gasteiger partial charge in [0.25, 0.3) is 0 Å². The van der Waals surface area contributed by atoms with E-state index in [1.165, 1.54) is 5.56 Å². The van der Waals surface area contributed by atoms with Gasteiger partial charge in [-0.3, -0.25) is 9.69 Å². The van der Waals surface area contributed by atoms with Gasteiger partial charge < -0.3 is 11.1 Å². The maximum absolute atomic E-state index is 12.6. The van der Waals surface area contributed by atoms with Gasteiger partial charge in [0, 0.05) is 30.1 Å². The fourth-order valence-corrected chi connectivity index (χ4v) is 3.68.